The zero-order valence-electron chi connectivity index (χ0n) is 14.0. The van der Waals surface area contributed by atoms with E-state index in [9.17, 15) is 0 Å². The Morgan fingerprint density at radius 1 is 1.00 bits per heavy atom. The topological polar surface area (TPSA) is 58.9 Å². The van der Waals surface area contributed by atoms with E-state index in [2.05, 4.69) is 31.5 Å². The Morgan fingerprint density at radius 3 is 2.65 bits per heavy atom. The second-order valence-corrected chi connectivity index (χ2v) is 6.97. The zero-order chi connectivity index (χ0) is 17.5. The molecule has 0 bridgehead atoms. The molecular formula is C20H15N5S. The van der Waals surface area contributed by atoms with Crippen LogP contribution in [0, 0.1) is 6.92 Å². The molecule has 1 N–H and O–H groups in total. The van der Waals surface area contributed by atoms with Crippen LogP contribution < -0.4 is 0 Å². The van der Waals surface area contributed by atoms with E-state index in [1.807, 2.05) is 55.7 Å². The highest BCUT2D eigenvalue weighted by molar-refractivity contribution is 7.18. The molecule has 0 radical (unpaired) electrons. The van der Waals surface area contributed by atoms with Gasteiger partial charge in [0, 0.05) is 24.2 Å². The van der Waals surface area contributed by atoms with E-state index in [-0.39, 0.29) is 0 Å². The van der Waals surface area contributed by atoms with Gasteiger partial charge in [0.1, 0.15) is 22.2 Å². The smallest absolute Gasteiger partial charge is 0.149 e. The van der Waals surface area contributed by atoms with Gasteiger partial charge in [0.2, 0.25) is 0 Å². The minimum absolute atomic E-state index is 0.832. The highest BCUT2D eigenvalue weighted by atomic mass is 32.1. The fourth-order valence-electron chi connectivity index (χ4n) is 3.13. The predicted molar refractivity (Wildman–Crippen MR) is 104 cm³/mol. The van der Waals surface area contributed by atoms with Crippen LogP contribution in [0.1, 0.15) is 5.69 Å². The van der Waals surface area contributed by atoms with Crippen molar-refractivity contribution in [3.8, 4) is 32.7 Å². The Bertz CT molecular complexity index is 1190. The first kappa shape index (κ1) is 15.0. The van der Waals surface area contributed by atoms with Crippen molar-refractivity contribution in [3.05, 3.63) is 72.8 Å². The molecule has 0 unspecified atom stereocenters. The van der Waals surface area contributed by atoms with Crippen molar-refractivity contribution in [1.82, 2.24) is 24.3 Å². The third-order valence-electron chi connectivity index (χ3n) is 4.29. The van der Waals surface area contributed by atoms with Gasteiger partial charge in [-0.15, -0.1) is 11.3 Å². The van der Waals surface area contributed by atoms with Crippen LogP contribution in [0.2, 0.25) is 0 Å². The molecule has 5 nitrogen and oxygen atoms in total. The summed E-state index contributed by atoms with van der Waals surface area (Å²) in [5, 5.41) is 0.937. The van der Waals surface area contributed by atoms with Crippen LogP contribution in [-0.2, 0) is 0 Å². The third kappa shape index (κ3) is 2.34. The highest BCUT2D eigenvalue weighted by Crippen LogP contribution is 2.40. The van der Waals surface area contributed by atoms with Gasteiger partial charge < -0.3 is 4.98 Å². The highest BCUT2D eigenvalue weighted by Gasteiger charge is 2.21. The number of fused-ring (bicyclic) bond motifs is 1. The van der Waals surface area contributed by atoms with Crippen LogP contribution in [0.25, 0.3) is 38.3 Å². The first-order chi connectivity index (χ1) is 12.8. The molecule has 0 saturated heterocycles. The fraction of sp³-hybridized carbons (Fsp3) is 0.0500. The van der Waals surface area contributed by atoms with Crippen molar-refractivity contribution in [2.45, 2.75) is 6.92 Å². The summed E-state index contributed by atoms with van der Waals surface area (Å²) in [6.45, 7) is 2.03. The minimum Gasteiger partial charge on any atom is -0.344 e. The lowest BCUT2D eigenvalue weighted by molar-refractivity contribution is 1.18. The summed E-state index contributed by atoms with van der Waals surface area (Å²) >= 11 is 1.63. The largest absolute Gasteiger partial charge is 0.344 e. The summed E-state index contributed by atoms with van der Waals surface area (Å²) < 4.78 is 2.09. The number of pyridine rings is 1. The van der Waals surface area contributed by atoms with Gasteiger partial charge in [-0.1, -0.05) is 36.4 Å². The second kappa shape index (κ2) is 5.93. The molecule has 0 fully saturated rings. The summed E-state index contributed by atoms with van der Waals surface area (Å²) in [5.41, 5.74) is 4.94. The lowest BCUT2D eigenvalue weighted by atomic mass is 10.1. The summed E-state index contributed by atoms with van der Waals surface area (Å²) in [5.74, 6) is 0.832. The fourth-order valence-corrected chi connectivity index (χ4v) is 4.28. The number of aromatic nitrogens is 5. The summed E-state index contributed by atoms with van der Waals surface area (Å²) in [6, 6.07) is 16.2. The maximum atomic E-state index is 4.99. The molecule has 126 valence electrons. The molecule has 6 heteroatoms. The minimum atomic E-state index is 0.832. The number of nitrogens with one attached hydrogen (secondary N) is 1. The number of thiazole rings is 1. The first-order valence-electron chi connectivity index (χ1n) is 8.31. The van der Waals surface area contributed by atoms with Gasteiger partial charge >= 0.3 is 0 Å². The number of benzene rings is 1. The summed E-state index contributed by atoms with van der Waals surface area (Å²) in [7, 11) is 0. The van der Waals surface area contributed by atoms with Crippen molar-refractivity contribution in [1.29, 1.82) is 0 Å². The normalized spacial score (nSPS) is 11.3. The van der Waals surface area contributed by atoms with E-state index in [1.54, 1.807) is 17.5 Å². The van der Waals surface area contributed by atoms with Crippen LogP contribution in [0.15, 0.2) is 67.1 Å². The molecule has 26 heavy (non-hydrogen) atoms. The first-order valence-corrected chi connectivity index (χ1v) is 9.13. The van der Waals surface area contributed by atoms with Crippen LogP contribution in [0.4, 0.5) is 0 Å². The Kier molecular flexibility index (Phi) is 3.43. The standard InChI is InChI=1S/C20H15N5S/c1-13-17(25-12-6-5-9-15(25)23-13)20-24-16(14-7-3-2-4-8-14)18(26-20)19-21-10-11-22-19/h2-12H,1H3,(H,21,22). The Hall–Kier alpha value is -3.25. The van der Waals surface area contributed by atoms with Crippen LogP contribution in [-0.4, -0.2) is 24.3 Å². The van der Waals surface area contributed by atoms with Crippen molar-refractivity contribution in [2.24, 2.45) is 0 Å². The van der Waals surface area contributed by atoms with Crippen LogP contribution in [0.3, 0.4) is 0 Å². The molecule has 0 aliphatic carbocycles. The molecule has 4 aromatic heterocycles. The van der Waals surface area contributed by atoms with E-state index >= 15 is 0 Å². The van der Waals surface area contributed by atoms with E-state index in [1.165, 1.54) is 0 Å². The molecule has 0 amide bonds. The Morgan fingerprint density at radius 2 is 1.85 bits per heavy atom. The third-order valence-corrected chi connectivity index (χ3v) is 5.36. The van der Waals surface area contributed by atoms with Gasteiger partial charge in [0.15, 0.2) is 0 Å². The number of aromatic amines is 1. The van der Waals surface area contributed by atoms with Crippen molar-refractivity contribution >= 4 is 17.0 Å². The van der Waals surface area contributed by atoms with Gasteiger partial charge in [-0.05, 0) is 19.1 Å². The molecule has 0 atom stereocenters. The lowest BCUT2D eigenvalue weighted by Crippen LogP contribution is -1.88. The molecule has 5 rings (SSSR count). The summed E-state index contributed by atoms with van der Waals surface area (Å²) in [6.07, 6.45) is 5.63. The van der Waals surface area contributed by atoms with Crippen molar-refractivity contribution in [3.63, 3.8) is 0 Å². The van der Waals surface area contributed by atoms with Gasteiger partial charge in [0.05, 0.1) is 16.3 Å². The number of H-pyrrole nitrogens is 1. The van der Waals surface area contributed by atoms with Gasteiger partial charge in [-0.3, -0.25) is 4.40 Å². The second-order valence-electron chi connectivity index (χ2n) is 5.98. The predicted octanol–water partition coefficient (Wildman–Crippen LogP) is 4.82. The summed E-state index contributed by atoms with van der Waals surface area (Å²) in [4.78, 5) is 18.3. The Labute approximate surface area is 154 Å². The van der Waals surface area contributed by atoms with E-state index < -0.39 is 0 Å². The quantitative estimate of drug-likeness (QED) is 0.503. The maximum absolute atomic E-state index is 4.99. The van der Waals surface area contributed by atoms with Crippen molar-refractivity contribution in [2.75, 3.05) is 0 Å². The Balaban J connectivity index is 1.77. The molecule has 0 saturated carbocycles. The molecular weight excluding hydrogens is 342 g/mol. The molecule has 0 aliphatic heterocycles. The van der Waals surface area contributed by atoms with E-state index in [4.69, 9.17) is 4.98 Å². The van der Waals surface area contributed by atoms with E-state index in [0.717, 1.165) is 44.0 Å². The van der Waals surface area contributed by atoms with Gasteiger partial charge in [0.25, 0.3) is 0 Å². The number of nitrogens with zero attached hydrogens (tertiary/aromatic N) is 4. The SMILES string of the molecule is Cc1nc2ccccn2c1-c1nc(-c2ccccc2)c(-c2ncc[nH]2)s1. The number of hydrogen-bond acceptors (Lipinski definition) is 4. The number of imidazole rings is 2. The lowest BCUT2D eigenvalue weighted by Gasteiger charge is -1.99. The molecule has 4 heterocycles. The van der Waals surface area contributed by atoms with Crippen molar-refractivity contribution < 1.29 is 0 Å². The maximum Gasteiger partial charge on any atom is 0.149 e. The van der Waals surface area contributed by atoms with E-state index in [0.29, 0.717) is 0 Å². The molecule has 5 aromatic rings. The molecule has 1 aromatic carbocycles. The average Bonchev–Trinajstić information content (AvgIpc) is 3.39. The number of aryl methyl sites for hydroxylation is 1. The molecule has 0 aliphatic rings. The average molecular weight is 357 g/mol. The van der Waals surface area contributed by atoms with Gasteiger partial charge in [-0.25, -0.2) is 15.0 Å². The van der Waals surface area contributed by atoms with Crippen LogP contribution in [0.5, 0.6) is 0 Å². The van der Waals surface area contributed by atoms with Gasteiger partial charge in [-0.2, -0.15) is 0 Å². The molecule has 0 spiro atoms. The number of rotatable bonds is 3. The monoisotopic (exact) mass is 357 g/mol. The zero-order valence-corrected chi connectivity index (χ0v) is 14.9. The number of hydrogen-bond donors (Lipinski definition) is 1. The van der Waals surface area contributed by atoms with Crippen LogP contribution >= 0.6 is 11.3 Å².